The van der Waals surface area contributed by atoms with E-state index >= 15 is 0 Å². The molecule has 1 atom stereocenters. The molecule has 1 aromatic carbocycles. The van der Waals surface area contributed by atoms with Gasteiger partial charge in [0.1, 0.15) is 5.82 Å². The Bertz CT molecular complexity index is 615. The molecule has 2 rings (SSSR count). The quantitative estimate of drug-likeness (QED) is 0.791. The highest BCUT2D eigenvalue weighted by Crippen LogP contribution is 2.24. The van der Waals surface area contributed by atoms with Crippen LogP contribution < -0.4 is 0 Å². The maximum Gasteiger partial charge on any atom is 0.111 e. The highest BCUT2D eigenvalue weighted by Gasteiger charge is 2.15. The third-order valence-corrected chi connectivity index (χ3v) is 4.06. The summed E-state index contributed by atoms with van der Waals surface area (Å²) in [7, 11) is 0. The fraction of sp³-hybridized carbons (Fsp3) is 0.429. The number of fused-ring (bicyclic) bond motifs is 1. The molecule has 5 heteroatoms. The largest absolute Gasteiger partial charge is 0.324 e. The molecule has 0 aliphatic rings. The van der Waals surface area contributed by atoms with E-state index in [1.165, 1.54) is 0 Å². The summed E-state index contributed by atoms with van der Waals surface area (Å²) < 4.78 is 2.22. The predicted molar refractivity (Wildman–Crippen MR) is 82.0 cm³/mol. The van der Waals surface area contributed by atoms with Gasteiger partial charge in [0, 0.05) is 24.1 Å². The first-order valence-electron chi connectivity index (χ1n) is 6.17. The molecule has 0 saturated heterocycles. The van der Waals surface area contributed by atoms with Crippen LogP contribution in [0.1, 0.15) is 24.4 Å². The van der Waals surface area contributed by atoms with Gasteiger partial charge in [0.25, 0.3) is 0 Å². The van der Waals surface area contributed by atoms with E-state index in [0.29, 0.717) is 17.5 Å². The van der Waals surface area contributed by atoms with Crippen LogP contribution in [0.5, 0.6) is 0 Å². The summed E-state index contributed by atoms with van der Waals surface area (Å²) in [5.41, 5.74) is 2.63. The zero-order valence-corrected chi connectivity index (χ0v) is 12.6. The SMILES string of the molecule is CSCC(C)n1c(CCCl)nc2ccc(C#N)cc21. The zero-order valence-electron chi connectivity index (χ0n) is 11.1. The van der Waals surface area contributed by atoms with Crippen molar-refractivity contribution in [3.05, 3.63) is 29.6 Å². The minimum Gasteiger partial charge on any atom is -0.324 e. The van der Waals surface area contributed by atoms with Gasteiger partial charge in [0.2, 0.25) is 0 Å². The van der Waals surface area contributed by atoms with Gasteiger partial charge in [-0.25, -0.2) is 4.98 Å². The van der Waals surface area contributed by atoms with Gasteiger partial charge in [0.05, 0.1) is 22.7 Å². The Morgan fingerprint density at radius 3 is 2.95 bits per heavy atom. The van der Waals surface area contributed by atoms with Crippen molar-refractivity contribution in [1.29, 1.82) is 5.26 Å². The van der Waals surface area contributed by atoms with E-state index < -0.39 is 0 Å². The van der Waals surface area contributed by atoms with Crippen LogP contribution in [0.2, 0.25) is 0 Å². The lowest BCUT2D eigenvalue weighted by Gasteiger charge is -2.16. The number of rotatable bonds is 5. The number of halogens is 1. The molecule has 0 bridgehead atoms. The number of imidazole rings is 1. The van der Waals surface area contributed by atoms with Crippen LogP contribution in [0.15, 0.2) is 18.2 Å². The van der Waals surface area contributed by atoms with Gasteiger partial charge in [-0.2, -0.15) is 17.0 Å². The molecule has 0 aliphatic heterocycles. The van der Waals surface area contributed by atoms with E-state index in [9.17, 15) is 0 Å². The Morgan fingerprint density at radius 1 is 1.53 bits per heavy atom. The molecule has 0 amide bonds. The van der Waals surface area contributed by atoms with Crippen LogP contribution in [0.4, 0.5) is 0 Å². The molecule has 1 unspecified atom stereocenters. The maximum absolute atomic E-state index is 9.04. The van der Waals surface area contributed by atoms with E-state index in [2.05, 4.69) is 28.8 Å². The van der Waals surface area contributed by atoms with Gasteiger partial charge in [-0.05, 0) is 31.4 Å². The number of aryl methyl sites for hydroxylation is 1. The highest BCUT2D eigenvalue weighted by molar-refractivity contribution is 7.98. The first-order chi connectivity index (χ1) is 9.21. The lowest BCUT2D eigenvalue weighted by Crippen LogP contribution is -2.12. The number of nitrogens with zero attached hydrogens (tertiary/aromatic N) is 3. The Balaban J connectivity index is 2.60. The van der Waals surface area contributed by atoms with Crippen molar-refractivity contribution in [2.45, 2.75) is 19.4 Å². The van der Waals surface area contributed by atoms with Crippen molar-refractivity contribution in [1.82, 2.24) is 9.55 Å². The summed E-state index contributed by atoms with van der Waals surface area (Å²) >= 11 is 7.67. The Hall–Kier alpha value is -1.18. The smallest absolute Gasteiger partial charge is 0.111 e. The van der Waals surface area contributed by atoms with E-state index in [4.69, 9.17) is 16.9 Å². The molecule has 100 valence electrons. The number of aromatic nitrogens is 2. The minimum absolute atomic E-state index is 0.340. The van der Waals surface area contributed by atoms with Gasteiger partial charge in [-0.1, -0.05) is 0 Å². The van der Waals surface area contributed by atoms with Gasteiger partial charge >= 0.3 is 0 Å². The lowest BCUT2D eigenvalue weighted by molar-refractivity contribution is 0.597. The summed E-state index contributed by atoms with van der Waals surface area (Å²) in [5.74, 6) is 2.57. The summed E-state index contributed by atoms with van der Waals surface area (Å²) in [5, 5.41) is 9.04. The topological polar surface area (TPSA) is 41.6 Å². The molecular formula is C14H16ClN3S. The molecule has 1 heterocycles. The van der Waals surface area contributed by atoms with Crippen molar-refractivity contribution >= 4 is 34.4 Å². The van der Waals surface area contributed by atoms with Gasteiger partial charge in [0.15, 0.2) is 0 Å². The second-order valence-electron chi connectivity index (χ2n) is 4.46. The van der Waals surface area contributed by atoms with E-state index in [0.717, 1.165) is 29.0 Å². The summed E-state index contributed by atoms with van der Waals surface area (Å²) in [4.78, 5) is 4.64. The minimum atomic E-state index is 0.340. The fourth-order valence-electron chi connectivity index (χ4n) is 2.28. The molecule has 1 aromatic heterocycles. The van der Waals surface area contributed by atoms with E-state index in [1.807, 2.05) is 18.2 Å². The maximum atomic E-state index is 9.04. The molecule has 0 saturated carbocycles. The standard InChI is InChI=1S/C14H16ClN3S/c1-10(9-19-2)18-13-7-11(8-16)3-4-12(13)17-14(18)5-6-15/h3-4,7,10H,5-6,9H2,1-2H3. The first kappa shape index (κ1) is 14.2. The monoisotopic (exact) mass is 293 g/mol. The molecule has 3 nitrogen and oxygen atoms in total. The van der Waals surface area contributed by atoms with Crippen LogP contribution in [0.3, 0.4) is 0 Å². The Kier molecular flexibility index (Phi) is 4.73. The van der Waals surface area contributed by atoms with Crippen molar-refractivity contribution in [3.63, 3.8) is 0 Å². The second-order valence-corrected chi connectivity index (χ2v) is 5.75. The van der Waals surface area contributed by atoms with Crippen LogP contribution in [-0.2, 0) is 6.42 Å². The van der Waals surface area contributed by atoms with Crippen LogP contribution >= 0.6 is 23.4 Å². The first-order valence-corrected chi connectivity index (χ1v) is 8.10. The normalized spacial score (nSPS) is 12.5. The molecule has 19 heavy (non-hydrogen) atoms. The van der Waals surface area contributed by atoms with Crippen LogP contribution in [0, 0.1) is 11.3 Å². The fourth-order valence-corrected chi connectivity index (χ4v) is 3.08. The highest BCUT2D eigenvalue weighted by atomic mass is 35.5. The number of alkyl halides is 1. The molecular weight excluding hydrogens is 278 g/mol. The average Bonchev–Trinajstić information content (AvgIpc) is 2.76. The summed E-state index contributed by atoms with van der Waals surface area (Å²) in [6.07, 6.45) is 2.84. The third-order valence-electron chi connectivity index (χ3n) is 3.06. The molecule has 0 aliphatic carbocycles. The van der Waals surface area contributed by atoms with Crippen molar-refractivity contribution < 1.29 is 0 Å². The van der Waals surface area contributed by atoms with E-state index in [1.54, 1.807) is 11.8 Å². The van der Waals surface area contributed by atoms with Crippen molar-refractivity contribution in [3.8, 4) is 6.07 Å². The summed E-state index contributed by atoms with van der Waals surface area (Å²) in [6.45, 7) is 2.17. The van der Waals surface area contributed by atoms with Crippen molar-refractivity contribution in [2.24, 2.45) is 0 Å². The van der Waals surface area contributed by atoms with Crippen molar-refractivity contribution in [2.75, 3.05) is 17.9 Å². The Labute approximate surface area is 122 Å². The van der Waals surface area contributed by atoms with E-state index in [-0.39, 0.29) is 0 Å². The van der Waals surface area contributed by atoms with Crippen LogP contribution in [-0.4, -0.2) is 27.4 Å². The number of benzene rings is 1. The Morgan fingerprint density at radius 2 is 2.32 bits per heavy atom. The number of hydrogen-bond acceptors (Lipinski definition) is 3. The average molecular weight is 294 g/mol. The zero-order chi connectivity index (χ0) is 13.8. The lowest BCUT2D eigenvalue weighted by atomic mass is 10.2. The van der Waals surface area contributed by atoms with Crippen LogP contribution in [0.25, 0.3) is 11.0 Å². The van der Waals surface area contributed by atoms with Gasteiger partial charge in [-0.3, -0.25) is 0 Å². The molecule has 0 radical (unpaired) electrons. The molecule has 0 fully saturated rings. The molecule has 0 spiro atoms. The number of thioether (sulfide) groups is 1. The summed E-state index contributed by atoms with van der Waals surface area (Å²) in [6, 6.07) is 8.16. The number of nitriles is 1. The van der Waals surface area contributed by atoms with Gasteiger partial charge in [-0.15, -0.1) is 11.6 Å². The molecule has 0 N–H and O–H groups in total. The van der Waals surface area contributed by atoms with Gasteiger partial charge < -0.3 is 4.57 Å². The molecule has 2 aromatic rings. The number of hydrogen-bond donors (Lipinski definition) is 0. The third kappa shape index (κ3) is 2.88. The predicted octanol–water partition coefficient (Wildman–Crippen LogP) is 3.61. The second kappa shape index (κ2) is 6.31.